The third kappa shape index (κ3) is 7.39. The second-order valence-electron chi connectivity index (χ2n) is 3.89. The van der Waals surface area contributed by atoms with Gasteiger partial charge in [0, 0.05) is 12.7 Å². The zero-order valence-electron chi connectivity index (χ0n) is 11.0. The van der Waals surface area contributed by atoms with Gasteiger partial charge in [-0.3, -0.25) is 0 Å². The summed E-state index contributed by atoms with van der Waals surface area (Å²) < 4.78 is 5.35. The van der Waals surface area contributed by atoms with Gasteiger partial charge in [0.1, 0.15) is 0 Å². The number of carboxylic acids is 1. The number of hydrogen-bond acceptors (Lipinski definition) is 5. The molecule has 0 amide bonds. The van der Waals surface area contributed by atoms with Crippen LogP contribution < -0.4 is 0 Å². The SMILES string of the molecule is C=CC(=O)O.CCCOC(C)C(CO)(CO)CO. The van der Waals surface area contributed by atoms with E-state index >= 15 is 0 Å². The maximum Gasteiger partial charge on any atom is 0.327 e. The van der Waals surface area contributed by atoms with E-state index < -0.39 is 11.4 Å². The van der Waals surface area contributed by atoms with Crippen molar-refractivity contribution < 1.29 is 30.0 Å². The number of carbonyl (C=O) groups is 1. The van der Waals surface area contributed by atoms with Crippen LogP contribution in [0.5, 0.6) is 0 Å². The number of carboxylic acid groups (broad SMARTS) is 1. The summed E-state index contributed by atoms with van der Waals surface area (Å²) in [6.07, 6.45) is 1.37. The van der Waals surface area contributed by atoms with Crippen molar-refractivity contribution in [3.05, 3.63) is 12.7 Å². The molecule has 0 radical (unpaired) electrons. The van der Waals surface area contributed by atoms with Crippen LogP contribution in [0.25, 0.3) is 0 Å². The Morgan fingerprint density at radius 1 is 1.33 bits per heavy atom. The van der Waals surface area contributed by atoms with Gasteiger partial charge in [-0.15, -0.1) is 0 Å². The summed E-state index contributed by atoms with van der Waals surface area (Å²) in [5.41, 5.74) is -0.921. The Bertz CT molecular complexity index is 216. The molecule has 6 heteroatoms. The van der Waals surface area contributed by atoms with Crippen LogP contribution in [0.1, 0.15) is 20.3 Å². The number of aliphatic hydroxyl groups is 3. The normalized spacial score (nSPS) is 12.3. The molecule has 0 aromatic heterocycles. The van der Waals surface area contributed by atoms with E-state index in [1.165, 1.54) is 0 Å². The van der Waals surface area contributed by atoms with Gasteiger partial charge in [0.2, 0.25) is 0 Å². The number of hydrogen-bond donors (Lipinski definition) is 4. The Morgan fingerprint density at radius 2 is 1.72 bits per heavy atom. The van der Waals surface area contributed by atoms with E-state index in [0.717, 1.165) is 12.5 Å². The Hall–Kier alpha value is -0.950. The molecule has 1 unspecified atom stereocenters. The minimum absolute atomic E-state index is 0.273. The maximum absolute atomic E-state index is 9.25. The van der Waals surface area contributed by atoms with Gasteiger partial charge in [-0.05, 0) is 13.3 Å². The summed E-state index contributed by atoms with van der Waals surface area (Å²) in [6.45, 7) is 6.44. The number of aliphatic carboxylic acids is 1. The summed E-state index contributed by atoms with van der Waals surface area (Å²) in [5, 5.41) is 34.7. The van der Waals surface area contributed by atoms with Crippen molar-refractivity contribution in [3.63, 3.8) is 0 Å². The van der Waals surface area contributed by atoms with Gasteiger partial charge >= 0.3 is 5.97 Å². The van der Waals surface area contributed by atoms with Crippen LogP contribution in [0.4, 0.5) is 0 Å². The summed E-state index contributed by atoms with van der Waals surface area (Å²) in [5.74, 6) is -0.981. The van der Waals surface area contributed by atoms with Crippen molar-refractivity contribution in [3.8, 4) is 0 Å². The third-order valence-corrected chi connectivity index (χ3v) is 2.55. The van der Waals surface area contributed by atoms with E-state index in [-0.39, 0.29) is 25.9 Å². The Labute approximate surface area is 108 Å². The van der Waals surface area contributed by atoms with Gasteiger partial charge in [-0.25, -0.2) is 4.79 Å². The second kappa shape index (κ2) is 11.2. The Balaban J connectivity index is 0. The van der Waals surface area contributed by atoms with Gasteiger partial charge in [-0.2, -0.15) is 0 Å². The minimum Gasteiger partial charge on any atom is -0.478 e. The summed E-state index contributed by atoms with van der Waals surface area (Å²) in [4.78, 5) is 9.25. The molecule has 6 nitrogen and oxygen atoms in total. The lowest BCUT2D eigenvalue weighted by molar-refractivity contribution is -0.131. The van der Waals surface area contributed by atoms with Gasteiger partial charge in [0.15, 0.2) is 0 Å². The molecule has 0 saturated heterocycles. The highest BCUT2D eigenvalue weighted by molar-refractivity contribution is 5.78. The van der Waals surface area contributed by atoms with E-state index in [1.54, 1.807) is 6.92 Å². The molecule has 0 heterocycles. The Morgan fingerprint density at radius 3 is 1.94 bits per heavy atom. The molecular formula is C12H24O6. The largest absolute Gasteiger partial charge is 0.478 e. The quantitative estimate of drug-likeness (QED) is 0.460. The molecule has 0 saturated carbocycles. The molecule has 0 bridgehead atoms. The number of aliphatic hydroxyl groups excluding tert-OH is 3. The molecule has 0 aromatic rings. The molecular weight excluding hydrogens is 240 g/mol. The van der Waals surface area contributed by atoms with Crippen LogP contribution in [0.2, 0.25) is 0 Å². The number of ether oxygens (including phenoxy) is 1. The first-order chi connectivity index (χ1) is 8.43. The van der Waals surface area contributed by atoms with E-state index in [2.05, 4.69) is 6.58 Å². The average molecular weight is 264 g/mol. The van der Waals surface area contributed by atoms with E-state index in [4.69, 9.17) is 25.2 Å². The fraction of sp³-hybridized carbons (Fsp3) is 0.750. The van der Waals surface area contributed by atoms with Gasteiger partial charge in [-0.1, -0.05) is 13.5 Å². The molecule has 108 valence electrons. The van der Waals surface area contributed by atoms with Crippen molar-refractivity contribution in [1.82, 2.24) is 0 Å². The third-order valence-electron chi connectivity index (χ3n) is 2.55. The van der Waals surface area contributed by atoms with Crippen LogP contribution in [-0.2, 0) is 9.53 Å². The van der Waals surface area contributed by atoms with Crippen LogP contribution in [0.15, 0.2) is 12.7 Å². The van der Waals surface area contributed by atoms with Gasteiger partial charge in [0.05, 0.1) is 31.3 Å². The first kappa shape index (κ1) is 19.4. The molecule has 0 aliphatic carbocycles. The molecule has 0 aliphatic heterocycles. The molecule has 0 aliphatic rings. The highest BCUT2D eigenvalue weighted by atomic mass is 16.5. The molecule has 18 heavy (non-hydrogen) atoms. The molecule has 0 spiro atoms. The van der Waals surface area contributed by atoms with Crippen LogP contribution in [-0.4, -0.2) is 58.9 Å². The average Bonchev–Trinajstić information content (AvgIpc) is 2.39. The highest BCUT2D eigenvalue weighted by Crippen LogP contribution is 2.22. The lowest BCUT2D eigenvalue weighted by atomic mass is 9.85. The first-order valence-corrected chi connectivity index (χ1v) is 5.73. The lowest BCUT2D eigenvalue weighted by Crippen LogP contribution is -2.45. The van der Waals surface area contributed by atoms with E-state index in [1.807, 2.05) is 6.92 Å². The topological polar surface area (TPSA) is 107 Å². The minimum atomic E-state index is -0.981. The van der Waals surface area contributed by atoms with Crippen LogP contribution in [0, 0.1) is 5.41 Å². The fourth-order valence-electron chi connectivity index (χ4n) is 1.01. The monoisotopic (exact) mass is 264 g/mol. The summed E-state index contributed by atoms with van der Waals surface area (Å²) in [6, 6.07) is 0. The van der Waals surface area contributed by atoms with Crippen molar-refractivity contribution in [2.75, 3.05) is 26.4 Å². The van der Waals surface area contributed by atoms with Crippen molar-refractivity contribution in [2.45, 2.75) is 26.4 Å². The Kier molecular flexibility index (Phi) is 12.0. The second-order valence-corrected chi connectivity index (χ2v) is 3.89. The standard InChI is InChI=1S/C9H20O4.C3H4O2/c1-3-4-13-8(2)9(5-10,6-11)7-12;1-2-3(4)5/h8,10-12H,3-7H2,1-2H3;2H,1H2,(H,4,5). The van der Waals surface area contributed by atoms with E-state index in [9.17, 15) is 4.79 Å². The predicted molar refractivity (Wildman–Crippen MR) is 67.2 cm³/mol. The lowest BCUT2D eigenvalue weighted by Gasteiger charge is -2.33. The van der Waals surface area contributed by atoms with Crippen LogP contribution in [0.3, 0.4) is 0 Å². The molecule has 0 fully saturated rings. The predicted octanol–water partition coefficient (Wildman–Crippen LogP) is 0.0218. The van der Waals surface area contributed by atoms with Crippen molar-refractivity contribution >= 4 is 5.97 Å². The zero-order valence-corrected chi connectivity index (χ0v) is 11.0. The summed E-state index contributed by atoms with van der Waals surface area (Å²) in [7, 11) is 0. The molecule has 4 N–H and O–H groups in total. The molecule has 0 aromatic carbocycles. The van der Waals surface area contributed by atoms with Crippen LogP contribution >= 0.6 is 0 Å². The molecule has 0 rings (SSSR count). The highest BCUT2D eigenvalue weighted by Gasteiger charge is 2.35. The van der Waals surface area contributed by atoms with Crippen molar-refractivity contribution in [2.24, 2.45) is 5.41 Å². The first-order valence-electron chi connectivity index (χ1n) is 5.73. The smallest absolute Gasteiger partial charge is 0.327 e. The van der Waals surface area contributed by atoms with Gasteiger partial charge < -0.3 is 25.2 Å². The zero-order chi connectivity index (χ0) is 14.6. The van der Waals surface area contributed by atoms with E-state index in [0.29, 0.717) is 6.61 Å². The van der Waals surface area contributed by atoms with Crippen molar-refractivity contribution in [1.29, 1.82) is 0 Å². The molecule has 1 atom stereocenters. The van der Waals surface area contributed by atoms with Gasteiger partial charge in [0.25, 0.3) is 0 Å². The number of rotatable bonds is 8. The fourth-order valence-corrected chi connectivity index (χ4v) is 1.01. The summed E-state index contributed by atoms with van der Waals surface area (Å²) >= 11 is 0. The maximum atomic E-state index is 9.25.